The Morgan fingerprint density at radius 1 is 1.14 bits per heavy atom. The van der Waals surface area contributed by atoms with Crippen molar-refractivity contribution in [1.29, 1.82) is 0 Å². The van der Waals surface area contributed by atoms with E-state index in [-0.39, 0.29) is 23.8 Å². The Labute approximate surface area is 210 Å². The molecule has 1 aromatic heterocycles. The Kier molecular flexibility index (Phi) is 6.79. The summed E-state index contributed by atoms with van der Waals surface area (Å²) in [4.78, 5) is 25.8. The Morgan fingerprint density at radius 3 is 2.43 bits per heavy atom. The van der Waals surface area contributed by atoms with Crippen LogP contribution in [0.4, 0.5) is 0 Å². The molecule has 2 aromatic rings. The van der Waals surface area contributed by atoms with Gasteiger partial charge >= 0.3 is 5.97 Å². The zero-order chi connectivity index (χ0) is 24.6. The molecule has 0 saturated heterocycles. The zero-order valence-electron chi connectivity index (χ0n) is 20.7. The number of esters is 1. The Balaban J connectivity index is 1.39. The van der Waals surface area contributed by atoms with Gasteiger partial charge in [0, 0.05) is 5.41 Å². The number of hydrogen-bond donors (Lipinski definition) is 1. The number of hydrogen-bond acceptors (Lipinski definition) is 7. The summed E-state index contributed by atoms with van der Waals surface area (Å²) in [6, 6.07) is 7.61. The summed E-state index contributed by atoms with van der Waals surface area (Å²) in [5.41, 5.74) is 0.539. The summed E-state index contributed by atoms with van der Waals surface area (Å²) in [5.74, 6) is 3.23. The molecule has 35 heavy (non-hydrogen) atoms. The normalized spacial score (nSPS) is 27.5. The first kappa shape index (κ1) is 24.2. The van der Waals surface area contributed by atoms with Crippen LogP contribution in [0.2, 0.25) is 0 Å². The van der Waals surface area contributed by atoms with Crippen molar-refractivity contribution in [1.82, 2.24) is 20.1 Å². The Bertz CT molecular complexity index is 1070. The lowest BCUT2D eigenvalue weighted by Gasteiger charge is -2.55. The van der Waals surface area contributed by atoms with Crippen LogP contribution in [0.3, 0.4) is 0 Å². The van der Waals surface area contributed by atoms with Crippen molar-refractivity contribution in [3.63, 3.8) is 0 Å². The highest BCUT2D eigenvalue weighted by molar-refractivity contribution is 8.00. The molecule has 8 nitrogen and oxygen atoms in total. The highest BCUT2D eigenvalue weighted by atomic mass is 32.2. The molecule has 4 fully saturated rings. The standard InChI is InChI=1S/C26H34N4O4S/c1-4-34-23(31)16(2)35-25-29-28-22(30(25)20-7-5-6-8-21(20)33-3)15-27-24(32)26-12-17-9-18(13-26)11-19(10-17)14-26/h5-8,16-19H,4,9-15H2,1-3H3,(H,27,32). The smallest absolute Gasteiger partial charge is 0.319 e. The average Bonchev–Trinajstić information content (AvgIpc) is 3.23. The number of thioether (sulfide) groups is 1. The molecule has 4 aliphatic rings. The number of carbonyl (C=O) groups excluding carboxylic acids is 2. The molecule has 188 valence electrons. The number of amides is 1. The number of methoxy groups -OCH3 is 1. The van der Waals surface area contributed by atoms with E-state index in [2.05, 4.69) is 15.5 Å². The quantitative estimate of drug-likeness (QED) is 0.410. The first-order valence-electron chi connectivity index (χ1n) is 12.6. The zero-order valence-corrected chi connectivity index (χ0v) is 21.5. The van der Waals surface area contributed by atoms with Crippen LogP contribution in [-0.2, 0) is 20.9 Å². The molecule has 1 N–H and O–H groups in total. The van der Waals surface area contributed by atoms with Crippen LogP contribution < -0.4 is 10.1 Å². The van der Waals surface area contributed by atoms with E-state index in [1.54, 1.807) is 21.0 Å². The number of nitrogens with one attached hydrogen (secondary N) is 1. The van der Waals surface area contributed by atoms with Gasteiger partial charge in [-0.2, -0.15) is 0 Å². The van der Waals surface area contributed by atoms with E-state index < -0.39 is 5.25 Å². The molecule has 0 spiro atoms. The van der Waals surface area contributed by atoms with Crippen molar-refractivity contribution in [3.05, 3.63) is 30.1 Å². The van der Waals surface area contributed by atoms with Gasteiger partial charge in [-0.25, -0.2) is 0 Å². The highest BCUT2D eigenvalue weighted by Crippen LogP contribution is 2.60. The van der Waals surface area contributed by atoms with E-state index in [1.165, 1.54) is 31.0 Å². The molecule has 6 rings (SSSR count). The molecule has 0 radical (unpaired) electrons. The molecule has 4 bridgehead atoms. The Morgan fingerprint density at radius 2 is 1.80 bits per heavy atom. The second-order valence-electron chi connectivity index (χ2n) is 10.3. The number of ether oxygens (including phenoxy) is 2. The maximum atomic E-state index is 13.5. The summed E-state index contributed by atoms with van der Waals surface area (Å²) in [6.07, 6.45) is 6.95. The fourth-order valence-electron chi connectivity index (χ4n) is 6.75. The first-order valence-corrected chi connectivity index (χ1v) is 13.5. The van der Waals surface area contributed by atoms with E-state index in [0.717, 1.165) is 24.9 Å². The summed E-state index contributed by atoms with van der Waals surface area (Å²) in [6.45, 7) is 4.17. The van der Waals surface area contributed by atoms with Gasteiger partial charge < -0.3 is 14.8 Å². The molecule has 1 atom stereocenters. The molecule has 9 heteroatoms. The summed E-state index contributed by atoms with van der Waals surface area (Å²) < 4.78 is 12.6. The first-order chi connectivity index (χ1) is 16.9. The number of para-hydroxylation sites is 2. The van der Waals surface area contributed by atoms with Crippen molar-refractivity contribution in [2.45, 2.75) is 69.3 Å². The van der Waals surface area contributed by atoms with Crippen LogP contribution in [0.15, 0.2) is 29.4 Å². The lowest BCUT2D eigenvalue weighted by Crippen LogP contribution is -2.53. The molecule has 4 aliphatic carbocycles. The summed E-state index contributed by atoms with van der Waals surface area (Å²) >= 11 is 1.28. The molecule has 1 unspecified atom stereocenters. The van der Waals surface area contributed by atoms with Crippen LogP contribution in [0, 0.1) is 23.2 Å². The molecule has 1 aromatic carbocycles. The molecular weight excluding hydrogens is 464 g/mol. The van der Waals surface area contributed by atoms with Crippen LogP contribution in [-0.4, -0.2) is 45.6 Å². The third kappa shape index (κ3) is 4.67. The van der Waals surface area contributed by atoms with Crippen molar-refractivity contribution in [2.24, 2.45) is 23.2 Å². The molecule has 1 heterocycles. The predicted molar refractivity (Wildman–Crippen MR) is 132 cm³/mol. The maximum absolute atomic E-state index is 13.5. The van der Waals surface area contributed by atoms with Gasteiger partial charge in [-0.1, -0.05) is 23.9 Å². The second-order valence-corrected chi connectivity index (χ2v) is 11.6. The van der Waals surface area contributed by atoms with Crippen LogP contribution in [0.5, 0.6) is 5.75 Å². The van der Waals surface area contributed by atoms with Gasteiger partial charge in [0.05, 0.1) is 25.9 Å². The second kappa shape index (κ2) is 9.84. The van der Waals surface area contributed by atoms with Crippen molar-refractivity contribution in [2.75, 3.05) is 13.7 Å². The molecular formula is C26H34N4O4S. The molecule has 1 amide bonds. The molecule has 4 saturated carbocycles. The van der Waals surface area contributed by atoms with E-state index in [4.69, 9.17) is 9.47 Å². The van der Waals surface area contributed by atoms with Gasteiger partial charge in [-0.3, -0.25) is 14.2 Å². The van der Waals surface area contributed by atoms with Gasteiger partial charge in [0.1, 0.15) is 11.0 Å². The van der Waals surface area contributed by atoms with E-state index in [0.29, 0.717) is 41.1 Å². The highest BCUT2D eigenvalue weighted by Gasteiger charge is 2.54. The van der Waals surface area contributed by atoms with Crippen LogP contribution in [0.1, 0.15) is 58.2 Å². The third-order valence-corrected chi connectivity index (χ3v) is 8.88. The number of aromatic nitrogens is 3. The Hall–Kier alpha value is -2.55. The summed E-state index contributed by atoms with van der Waals surface area (Å²) in [5, 5.41) is 12.1. The fraction of sp³-hybridized carbons (Fsp3) is 0.615. The predicted octanol–water partition coefficient (Wildman–Crippen LogP) is 4.15. The SMILES string of the molecule is CCOC(=O)C(C)Sc1nnc(CNC(=O)C23CC4CC(CC(C4)C2)C3)n1-c1ccccc1OC. The number of benzene rings is 1. The van der Waals surface area contributed by atoms with Crippen LogP contribution in [0.25, 0.3) is 5.69 Å². The van der Waals surface area contributed by atoms with Crippen molar-refractivity contribution in [3.8, 4) is 11.4 Å². The van der Waals surface area contributed by atoms with Gasteiger partial charge in [0.25, 0.3) is 0 Å². The fourth-order valence-corrected chi connectivity index (χ4v) is 7.63. The van der Waals surface area contributed by atoms with Gasteiger partial charge in [0.15, 0.2) is 11.0 Å². The minimum atomic E-state index is -0.456. The third-order valence-electron chi connectivity index (χ3n) is 7.85. The van der Waals surface area contributed by atoms with Gasteiger partial charge in [0.2, 0.25) is 5.91 Å². The minimum Gasteiger partial charge on any atom is -0.495 e. The molecule has 0 aliphatic heterocycles. The number of carbonyl (C=O) groups is 2. The minimum absolute atomic E-state index is 0.153. The average molecular weight is 499 g/mol. The number of nitrogens with zero attached hydrogens (tertiary/aromatic N) is 3. The topological polar surface area (TPSA) is 95.3 Å². The summed E-state index contributed by atoms with van der Waals surface area (Å²) in [7, 11) is 1.62. The lowest BCUT2D eigenvalue weighted by molar-refractivity contribution is -0.146. The van der Waals surface area contributed by atoms with E-state index in [1.807, 2.05) is 28.8 Å². The van der Waals surface area contributed by atoms with E-state index in [9.17, 15) is 9.59 Å². The van der Waals surface area contributed by atoms with Gasteiger partial charge in [-0.05, 0) is 82.3 Å². The number of rotatable bonds is 9. The van der Waals surface area contributed by atoms with Crippen molar-refractivity contribution < 1.29 is 19.1 Å². The van der Waals surface area contributed by atoms with Crippen molar-refractivity contribution >= 4 is 23.6 Å². The van der Waals surface area contributed by atoms with Gasteiger partial charge in [-0.15, -0.1) is 10.2 Å². The van der Waals surface area contributed by atoms with E-state index >= 15 is 0 Å². The lowest BCUT2D eigenvalue weighted by atomic mass is 9.49. The largest absolute Gasteiger partial charge is 0.495 e. The van der Waals surface area contributed by atoms with Crippen LogP contribution >= 0.6 is 11.8 Å². The monoisotopic (exact) mass is 498 g/mol. The maximum Gasteiger partial charge on any atom is 0.319 e.